The van der Waals surface area contributed by atoms with E-state index in [1.165, 1.54) is 11.1 Å². The summed E-state index contributed by atoms with van der Waals surface area (Å²) in [5.74, 6) is 0.845. The van der Waals surface area contributed by atoms with E-state index in [0.717, 1.165) is 28.8 Å². The van der Waals surface area contributed by atoms with Gasteiger partial charge in [0.2, 0.25) is 0 Å². The first-order chi connectivity index (χ1) is 14.3. The second-order valence-electron chi connectivity index (χ2n) is 6.74. The normalized spacial score (nSPS) is 10.8. The summed E-state index contributed by atoms with van der Waals surface area (Å²) in [6.07, 6.45) is 0. The van der Waals surface area contributed by atoms with Gasteiger partial charge in [-0.3, -0.25) is 0 Å². The molecule has 0 amide bonds. The van der Waals surface area contributed by atoms with Gasteiger partial charge in [0, 0.05) is 22.2 Å². The number of hydrogen-bond donors (Lipinski definition) is 2. The van der Waals surface area contributed by atoms with Crippen LogP contribution in [0.1, 0.15) is 22.9 Å². The molecule has 146 valence electrons. The van der Waals surface area contributed by atoms with E-state index in [-0.39, 0.29) is 6.04 Å². The van der Waals surface area contributed by atoms with Crippen molar-refractivity contribution in [1.82, 2.24) is 4.98 Å². The van der Waals surface area contributed by atoms with Crippen LogP contribution in [-0.4, -0.2) is 12.1 Å². The van der Waals surface area contributed by atoms with Crippen LogP contribution in [0.4, 0.5) is 10.8 Å². The Morgan fingerprint density at radius 2 is 1.52 bits per heavy atom. The minimum atomic E-state index is 0.247. The fraction of sp³-hybridized carbons (Fsp3) is 0.125. The van der Waals surface area contributed by atoms with E-state index in [4.69, 9.17) is 9.72 Å². The highest BCUT2D eigenvalue weighted by atomic mass is 32.1. The molecule has 4 nitrogen and oxygen atoms in total. The number of ether oxygens (including phenoxy) is 1. The average molecular weight is 403 g/mol. The van der Waals surface area contributed by atoms with Crippen molar-refractivity contribution in [3.63, 3.8) is 0 Å². The van der Waals surface area contributed by atoms with Gasteiger partial charge in [0.15, 0.2) is 5.13 Å². The molecule has 0 saturated heterocycles. The van der Waals surface area contributed by atoms with Gasteiger partial charge in [0.05, 0.1) is 7.11 Å². The van der Waals surface area contributed by atoms with Gasteiger partial charge in [-0.15, -0.1) is 11.3 Å². The van der Waals surface area contributed by atoms with E-state index < -0.39 is 0 Å². The molecule has 0 bridgehead atoms. The Kier molecular flexibility index (Phi) is 6.19. The van der Waals surface area contributed by atoms with Crippen LogP contribution in [0.25, 0.3) is 0 Å². The maximum Gasteiger partial charge on any atom is 0.187 e. The average Bonchev–Trinajstić information content (AvgIpc) is 3.23. The predicted octanol–water partition coefficient (Wildman–Crippen LogP) is 4.75. The van der Waals surface area contributed by atoms with Gasteiger partial charge in [0.25, 0.3) is 0 Å². The maximum atomic E-state index is 5.21. The molecular formula is C24H24N3OS+. The third-order valence-corrected chi connectivity index (χ3v) is 5.58. The van der Waals surface area contributed by atoms with E-state index >= 15 is 0 Å². The molecular weight excluding hydrogens is 378 g/mol. The Hall–Kier alpha value is -3.15. The second-order valence-corrected chi connectivity index (χ2v) is 7.59. The van der Waals surface area contributed by atoms with Gasteiger partial charge in [-0.05, 0) is 24.3 Å². The molecule has 29 heavy (non-hydrogen) atoms. The van der Waals surface area contributed by atoms with Crippen molar-refractivity contribution in [3.8, 4) is 5.75 Å². The number of quaternary nitrogens is 1. The van der Waals surface area contributed by atoms with Gasteiger partial charge in [0.1, 0.15) is 24.0 Å². The maximum absolute atomic E-state index is 5.21. The molecule has 3 aromatic carbocycles. The molecule has 4 aromatic rings. The van der Waals surface area contributed by atoms with Crippen molar-refractivity contribution in [2.45, 2.75) is 12.6 Å². The van der Waals surface area contributed by atoms with Gasteiger partial charge < -0.3 is 15.4 Å². The minimum Gasteiger partial charge on any atom is -0.497 e. The number of nitrogens with two attached hydrogens (primary N) is 1. The lowest BCUT2D eigenvalue weighted by Gasteiger charge is -2.16. The zero-order valence-corrected chi connectivity index (χ0v) is 17.1. The Bertz CT molecular complexity index is 977. The fourth-order valence-corrected chi connectivity index (χ4v) is 4.02. The number of anilines is 2. The van der Waals surface area contributed by atoms with Crippen molar-refractivity contribution in [3.05, 3.63) is 107 Å². The molecule has 0 atom stereocenters. The second kappa shape index (κ2) is 9.37. The molecule has 0 saturated carbocycles. The third-order valence-electron chi connectivity index (χ3n) is 4.77. The molecule has 0 aliphatic heterocycles. The zero-order chi connectivity index (χ0) is 19.9. The van der Waals surface area contributed by atoms with Crippen LogP contribution in [0.5, 0.6) is 5.75 Å². The Morgan fingerprint density at radius 1 is 0.897 bits per heavy atom. The van der Waals surface area contributed by atoms with Crippen molar-refractivity contribution in [2.24, 2.45) is 0 Å². The Balaban J connectivity index is 1.44. The summed E-state index contributed by atoms with van der Waals surface area (Å²) < 4.78 is 5.21. The number of aromatic nitrogens is 1. The first kappa shape index (κ1) is 19.2. The summed E-state index contributed by atoms with van der Waals surface area (Å²) in [5, 5.41) is 8.73. The quantitative estimate of drug-likeness (QED) is 0.447. The molecule has 0 spiro atoms. The number of benzene rings is 3. The van der Waals surface area contributed by atoms with E-state index in [9.17, 15) is 0 Å². The smallest absolute Gasteiger partial charge is 0.187 e. The van der Waals surface area contributed by atoms with E-state index in [1.807, 2.05) is 24.3 Å². The summed E-state index contributed by atoms with van der Waals surface area (Å²) in [5.41, 5.74) is 4.67. The zero-order valence-electron chi connectivity index (χ0n) is 16.3. The van der Waals surface area contributed by atoms with Gasteiger partial charge in [-0.1, -0.05) is 60.7 Å². The molecule has 0 fully saturated rings. The fourth-order valence-electron chi connectivity index (χ4n) is 3.28. The van der Waals surface area contributed by atoms with Crippen molar-refractivity contribution >= 4 is 22.2 Å². The highest BCUT2D eigenvalue weighted by molar-refractivity contribution is 7.13. The summed E-state index contributed by atoms with van der Waals surface area (Å²) in [4.78, 5) is 4.75. The van der Waals surface area contributed by atoms with Crippen LogP contribution in [-0.2, 0) is 6.54 Å². The number of methoxy groups -OCH3 is 1. The Labute approximate surface area is 175 Å². The lowest BCUT2D eigenvalue weighted by atomic mass is 9.99. The molecule has 1 heterocycles. The number of thiazole rings is 1. The van der Waals surface area contributed by atoms with Crippen LogP contribution < -0.4 is 15.4 Å². The van der Waals surface area contributed by atoms with Crippen LogP contribution in [0.2, 0.25) is 0 Å². The summed E-state index contributed by atoms with van der Waals surface area (Å²) >= 11 is 1.62. The van der Waals surface area contributed by atoms with E-state index in [2.05, 4.69) is 76.7 Å². The third kappa shape index (κ3) is 5.02. The van der Waals surface area contributed by atoms with Gasteiger partial charge in [-0.25, -0.2) is 4.98 Å². The van der Waals surface area contributed by atoms with E-state index in [0.29, 0.717) is 0 Å². The molecule has 3 N–H and O–H groups in total. The van der Waals surface area contributed by atoms with Crippen LogP contribution in [0.3, 0.4) is 0 Å². The van der Waals surface area contributed by atoms with Crippen molar-refractivity contribution in [2.75, 3.05) is 12.4 Å². The topological polar surface area (TPSA) is 50.8 Å². The summed E-state index contributed by atoms with van der Waals surface area (Å²) in [6.45, 7) is 0.815. The number of rotatable bonds is 8. The van der Waals surface area contributed by atoms with E-state index in [1.54, 1.807) is 18.4 Å². The standard InChI is InChI=1S/C24H23N3OS/c1-28-22-14-12-20(13-15-22)26-24-27-21(17-29-24)16-25-23(18-8-4-2-5-9-18)19-10-6-3-7-11-19/h2-15,17,23,25H,16H2,1H3,(H,26,27)/p+1. The van der Waals surface area contributed by atoms with Crippen molar-refractivity contribution < 1.29 is 10.1 Å². The molecule has 0 aliphatic rings. The van der Waals surface area contributed by atoms with Crippen LogP contribution >= 0.6 is 11.3 Å². The largest absolute Gasteiger partial charge is 0.497 e. The van der Waals surface area contributed by atoms with Crippen molar-refractivity contribution in [1.29, 1.82) is 0 Å². The minimum absolute atomic E-state index is 0.247. The first-order valence-electron chi connectivity index (χ1n) is 9.60. The van der Waals surface area contributed by atoms with Gasteiger partial charge >= 0.3 is 0 Å². The predicted molar refractivity (Wildman–Crippen MR) is 119 cm³/mol. The molecule has 5 heteroatoms. The number of hydrogen-bond acceptors (Lipinski definition) is 4. The molecule has 0 unspecified atom stereocenters. The number of nitrogens with one attached hydrogen (secondary N) is 1. The molecule has 1 aromatic heterocycles. The molecule has 4 rings (SSSR count). The summed E-state index contributed by atoms with van der Waals surface area (Å²) in [7, 11) is 1.67. The van der Waals surface area contributed by atoms with Gasteiger partial charge in [-0.2, -0.15) is 0 Å². The SMILES string of the molecule is COc1ccc(Nc2nc(C[NH2+]C(c3ccccc3)c3ccccc3)cs2)cc1. The highest BCUT2D eigenvalue weighted by Gasteiger charge is 2.17. The van der Waals surface area contributed by atoms with Crippen LogP contribution in [0.15, 0.2) is 90.3 Å². The highest BCUT2D eigenvalue weighted by Crippen LogP contribution is 2.23. The molecule has 0 aliphatic carbocycles. The first-order valence-corrected chi connectivity index (χ1v) is 10.5. The summed E-state index contributed by atoms with van der Waals surface area (Å²) in [6, 6.07) is 29.4. The molecule has 0 radical (unpaired) electrons. The van der Waals surface area contributed by atoms with Crippen LogP contribution in [0, 0.1) is 0 Å². The lowest BCUT2D eigenvalue weighted by Crippen LogP contribution is -2.84. The Morgan fingerprint density at radius 3 is 2.10 bits per heavy atom. The lowest BCUT2D eigenvalue weighted by molar-refractivity contribution is -0.702. The monoisotopic (exact) mass is 402 g/mol. The number of nitrogens with zero attached hydrogens (tertiary/aromatic N) is 1.